The molecule has 30 heavy (non-hydrogen) atoms. The third kappa shape index (κ3) is 4.08. The minimum Gasteiger partial charge on any atom is -0.327 e. The van der Waals surface area contributed by atoms with Gasteiger partial charge in [0, 0.05) is 27.9 Å². The van der Waals surface area contributed by atoms with E-state index in [1.54, 1.807) is 11.3 Å². The van der Waals surface area contributed by atoms with Crippen molar-refractivity contribution < 1.29 is 14.5 Å². The van der Waals surface area contributed by atoms with Gasteiger partial charge in [-0.15, -0.1) is 11.3 Å². The highest BCUT2D eigenvalue weighted by atomic mass is 32.1. The van der Waals surface area contributed by atoms with Crippen LogP contribution in [0.15, 0.2) is 41.8 Å². The molecule has 7 heteroatoms. The molecule has 0 saturated carbocycles. The smallest absolute Gasteiger partial charge is 0.254 e. The Morgan fingerprint density at radius 3 is 2.43 bits per heavy atom. The van der Waals surface area contributed by atoms with Crippen LogP contribution in [0.5, 0.6) is 0 Å². The van der Waals surface area contributed by atoms with Gasteiger partial charge in [-0.3, -0.25) is 14.2 Å². The number of piperazine rings is 1. The molecule has 3 aromatic rings. The number of thiazole rings is 1. The molecule has 0 atom stereocenters. The largest absolute Gasteiger partial charge is 0.327 e. The number of nitrogens with one attached hydrogen (secondary N) is 1. The monoisotopic (exact) mass is 423 g/mol. The summed E-state index contributed by atoms with van der Waals surface area (Å²) in [7, 11) is 0. The van der Waals surface area contributed by atoms with Crippen molar-refractivity contribution in [1.82, 2.24) is 14.5 Å². The first-order chi connectivity index (χ1) is 14.4. The van der Waals surface area contributed by atoms with Crippen molar-refractivity contribution in [1.29, 1.82) is 0 Å². The Bertz CT molecular complexity index is 1060. The number of aryl methyl sites for hydroxylation is 2. The summed E-state index contributed by atoms with van der Waals surface area (Å²) >= 11 is 1.59. The molecule has 0 unspecified atom stereocenters. The van der Waals surface area contributed by atoms with Crippen molar-refractivity contribution in [2.24, 2.45) is 0 Å². The van der Waals surface area contributed by atoms with Crippen LogP contribution in [-0.2, 0) is 0 Å². The van der Waals surface area contributed by atoms with Crippen molar-refractivity contribution in [2.45, 2.75) is 20.8 Å². The first-order valence-electron chi connectivity index (χ1n) is 10.3. The van der Waals surface area contributed by atoms with E-state index in [1.165, 1.54) is 4.90 Å². The number of quaternary nitrogens is 1. The van der Waals surface area contributed by atoms with Gasteiger partial charge in [-0.25, -0.2) is 4.98 Å². The first-order valence-corrected chi connectivity index (χ1v) is 11.1. The van der Waals surface area contributed by atoms with Crippen LogP contribution in [0.25, 0.3) is 5.13 Å². The number of carbonyl (C=O) groups is 2. The van der Waals surface area contributed by atoms with E-state index >= 15 is 0 Å². The molecule has 1 aliphatic heterocycles. The van der Waals surface area contributed by atoms with E-state index in [-0.39, 0.29) is 11.7 Å². The van der Waals surface area contributed by atoms with Gasteiger partial charge in [-0.05, 0) is 39.0 Å². The Hall–Kier alpha value is -2.77. The Morgan fingerprint density at radius 1 is 1.10 bits per heavy atom. The zero-order chi connectivity index (χ0) is 21.3. The Balaban J connectivity index is 1.39. The van der Waals surface area contributed by atoms with Crippen LogP contribution >= 0.6 is 11.3 Å². The number of aromatic nitrogens is 2. The van der Waals surface area contributed by atoms with Gasteiger partial charge in [0.1, 0.15) is 6.54 Å². The van der Waals surface area contributed by atoms with Gasteiger partial charge in [0.25, 0.3) is 5.91 Å². The van der Waals surface area contributed by atoms with Gasteiger partial charge in [-0.1, -0.05) is 18.2 Å². The molecule has 1 amide bonds. The Kier molecular flexibility index (Phi) is 5.83. The standard InChI is InChI=1S/C23H26N4O2S/c1-16-15-30-23(24-16)27-17(2)13-20(18(27)3)21(28)14-25-9-11-26(12-10-25)22(29)19-7-5-4-6-8-19/h4-8,13,15H,9-12,14H2,1-3H3/p+1. The lowest BCUT2D eigenvalue weighted by Crippen LogP contribution is -3.15. The Labute approximate surface area is 180 Å². The number of amides is 1. The quantitative estimate of drug-likeness (QED) is 0.640. The second-order valence-corrected chi connectivity index (χ2v) is 8.74. The number of nitrogens with zero attached hydrogens (tertiary/aromatic N) is 3. The Morgan fingerprint density at radius 2 is 1.80 bits per heavy atom. The SMILES string of the molecule is Cc1csc(-n2c(C)cc(C(=O)C[NH+]3CCN(C(=O)c4ccccc4)CC3)c2C)n1. The van der Waals surface area contributed by atoms with Gasteiger partial charge < -0.3 is 9.80 Å². The lowest BCUT2D eigenvalue weighted by atomic mass is 10.1. The van der Waals surface area contributed by atoms with Crippen LogP contribution < -0.4 is 4.90 Å². The van der Waals surface area contributed by atoms with Gasteiger partial charge in [0.05, 0.1) is 31.9 Å². The molecule has 3 heterocycles. The van der Waals surface area contributed by atoms with Gasteiger partial charge in [-0.2, -0.15) is 0 Å². The summed E-state index contributed by atoms with van der Waals surface area (Å²) in [5.74, 6) is 0.226. The molecule has 0 radical (unpaired) electrons. The molecule has 6 nitrogen and oxygen atoms in total. The van der Waals surface area contributed by atoms with Crippen molar-refractivity contribution in [3.63, 3.8) is 0 Å². The van der Waals surface area contributed by atoms with Crippen LogP contribution in [0.4, 0.5) is 0 Å². The molecule has 1 saturated heterocycles. The van der Waals surface area contributed by atoms with E-state index in [0.717, 1.165) is 46.4 Å². The lowest BCUT2D eigenvalue weighted by Gasteiger charge is -2.32. The average molecular weight is 424 g/mol. The van der Waals surface area contributed by atoms with Crippen LogP contribution in [0.3, 0.4) is 0 Å². The molecular weight excluding hydrogens is 396 g/mol. The van der Waals surface area contributed by atoms with Gasteiger partial charge >= 0.3 is 0 Å². The zero-order valence-electron chi connectivity index (χ0n) is 17.6. The molecule has 0 bridgehead atoms. The maximum absolute atomic E-state index is 13.0. The zero-order valence-corrected chi connectivity index (χ0v) is 18.5. The fourth-order valence-electron chi connectivity index (χ4n) is 4.07. The molecule has 0 spiro atoms. The summed E-state index contributed by atoms with van der Waals surface area (Å²) in [4.78, 5) is 33.3. The van der Waals surface area contributed by atoms with Crippen LogP contribution in [0.1, 0.15) is 37.8 Å². The molecule has 156 valence electrons. The number of hydrogen-bond donors (Lipinski definition) is 1. The van der Waals surface area contributed by atoms with E-state index in [2.05, 4.69) is 9.55 Å². The second-order valence-electron chi connectivity index (χ2n) is 7.90. The maximum atomic E-state index is 13.0. The number of benzene rings is 1. The third-order valence-electron chi connectivity index (χ3n) is 5.72. The minimum atomic E-state index is 0.0725. The fraction of sp³-hybridized carbons (Fsp3) is 0.348. The number of hydrogen-bond acceptors (Lipinski definition) is 4. The molecule has 1 N–H and O–H groups in total. The van der Waals surface area contributed by atoms with E-state index in [0.29, 0.717) is 19.6 Å². The number of ketones is 1. The van der Waals surface area contributed by atoms with E-state index in [9.17, 15) is 9.59 Å². The summed E-state index contributed by atoms with van der Waals surface area (Å²) in [6, 6.07) is 11.4. The molecule has 1 aromatic carbocycles. The van der Waals surface area contributed by atoms with E-state index in [4.69, 9.17) is 0 Å². The molecule has 2 aromatic heterocycles. The first kappa shape index (κ1) is 20.5. The molecule has 1 aliphatic rings. The topological polar surface area (TPSA) is 59.6 Å². The van der Waals surface area contributed by atoms with Crippen molar-refractivity contribution >= 4 is 23.0 Å². The van der Waals surface area contributed by atoms with Crippen molar-refractivity contribution in [2.75, 3.05) is 32.7 Å². The highest BCUT2D eigenvalue weighted by Gasteiger charge is 2.27. The van der Waals surface area contributed by atoms with Crippen LogP contribution in [0.2, 0.25) is 0 Å². The normalized spacial score (nSPS) is 14.8. The van der Waals surface area contributed by atoms with Gasteiger partial charge in [0.15, 0.2) is 5.13 Å². The predicted molar refractivity (Wildman–Crippen MR) is 118 cm³/mol. The third-order valence-corrected chi connectivity index (χ3v) is 6.66. The summed E-state index contributed by atoms with van der Waals surface area (Å²) in [5, 5.41) is 2.93. The summed E-state index contributed by atoms with van der Waals surface area (Å²) in [6.45, 7) is 9.36. The van der Waals surface area contributed by atoms with Crippen molar-refractivity contribution in [3.05, 3.63) is 70.0 Å². The highest BCUT2D eigenvalue weighted by Crippen LogP contribution is 2.23. The van der Waals surface area contributed by atoms with Crippen LogP contribution in [0, 0.1) is 20.8 Å². The molecule has 0 aliphatic carbocycles. The van der Waals surface area contributed by atoms with E-state index in [1.807, 2.05) is 67.4 Å². The molecule has 1 fully saturated rings. The average Bonchev–Trinajstić information content (AvgIpc) is 3.30. The maximum Gasteiger partial charge on any atom is 0.254 e. The fourth-order valence-corrected chi connectivity index (χ4v) is 4.98. The number of carbonyl (C=O) groups excluding carboxylic acids is 2. The lowest BCUT2D eigenvalue weighted by molar-refractivity contribution is -0.895. The minimum absolute atomic E-state index is 0.0725. The second kappa shape index (κ2) is 8.53. The summed E-state index contributed by atoms with van der Waals surface area (Å²) in [6.07, 6.45) is 0. The summed E-state index contributed by atoms with van der Waals surface area (Å²) < 4.78 is 2.07. The summed E-state index contributed by atoms with van der Waals surface area (Å²) in [5.41, 5.74) is 4.46. The predicted octanol–water partition coefficient (Wildman–Crippen LogP) is 2.08. The molecule has 4 rings (SSSR count). The van der Waals surface area contributed by atoms with Crippen molar-refractivity contribution in [3.8, 4) is 5.13 Å². The number of Topliss-reactive ketones (excluding diaryl/α,β-unsaturated/α-hetero) is 1. The highest BCUT2D eigenvalue weighted by molar-refractivity contribution is 7.12. The van der Waals surface area contributed by atoms with E-state index < -0.39 is 0 Å². The number of rotatable bonds is 5. The van der Waals surface area contributed by atoms with Gasteiger partial charge in [0.2, 0.25) is 5.78 Å². The molecular formula is C23H27N4O2S+. The van der Waals surface area contributed by atoms with Crippen LogP contribution in [-0.4, -0.2) is 58.9 Å².